The topological polar surface area (TPSA) is 81.8 Å². The van der Waals surface area contributed by atoms with Gasteiger partial charge in [-0.1, -0.05) is 34.8 Å². The Kier molecular flexibility index (Phi) is 6.85. The largest absolute Gasteiger partial charge is 0.493 e. The second kappa shape index (κ2) is 9.34. The van der Waals surface area contributed by atoms with Gasteiger partial charge in [-0.2, -0.15) is 5.10 Å². The fraction of sp³-hybridized carbons (Fsp3) is 0.111. The Bertz CT molecular complexity index is 987. The first kappa shape index (κ1) is 20.5. The zero-order valence-electron chi connectivity index (χ0n) is 14.6. The van der Waals surface area contributed by atoms with E-state index in [2.05, 4.69) is 15.5 Å². The number of halogens is 3. The smallest absolute Gasteiger partial charge is 0.205 e. The Morgan fingerprint density at radius 3 is 2.57 bits per heavy atom. The van der Waals surface area contributed by atoms with Crippen molar-refractivity contribution < 1.29 is 9.47 Å². The lowest BCUT2D eigenvalue weighted by Gasteiger charge is -2.13. The van der Waals surface area contributed by atoms with E-state index in [9.17, 15) is 0 Å². The summed E-state index contributed by atoms with van der Waals surface area (Å²) in [6.07, 6.45) is 1.64. The van der Waals surface area contributed by atoms with Gasteiger partial charge >= 0.3 is 0 Å². The molecule has 28 heavy (non-hydrogen) atoms. The van der Waals surface area contributed by atoms with Crippen molar-refractivity contribution in [2.45, 2.75) is 6.61 Å². The summed E-state index contributed by atoms with van der Waals surface area (Å²) in [5, 5.41) is 7.81. The molecule has 0 radical (unpaired) electrons. The van der Waals surface area contributed by atoms with Gasteiger partial charge in [-0.3, -0.25) is 5.43 Å². The number of ether oxygens (including phenoxy) is 2. The van der Waals surface area contributed by atoms with Crippen molar-refractivity contribution in [3.8, 4) is 11.5 Å². The van der Waals surface area contributed by atoms with Gasteiger partial charge in [0.25, 0.3) is 0 Å². The van der Waals surface area contributed by atoms with E-state index >= 15 is 0 Å². The van der Waals surface area contributed by atoms with Gasteiger partial charge in [0.05, 0.1) is 23.4 Å². The molecule has 2 aromatic carbocycles. The maximum absolute atomic E-state index is 6.19. The number of hydrazone groups is 1. The molecule has 0 spiro atoms. The molecule has 146 valence electrons. The van der Waals surface area contributed by atoms with Crippen LogP contribution in [0.2, 0.25) is 15.1 Å². The quantitative estimate of drug-likeness (QED) is 0.350. The molecule has 0 aliphatic carbocycles. The summed E-state index contributed by atoms with van der Waals surface area (Å²) in [5.41, 5.74) is 9.84. The van der Waals surface area contributed by atoms with Gasteiger partial charge in [0.15, 0.2) is 11.5 Å². The van der Waals surface area contributed by atoms with Crippen molar-refractivity contribution in [1.82, 2.24) is 4.98 Å². The monoisotopic (exact) mass is 456 g/mol. The van der Waals surface area contributed by atoms with E-state index < -0.39 is 0 Å². The number of thiazole rings is 1. The molecule has 0 saturated heterocycles. The molecule has 0 saturated carbocycles. The van der Waals surface area contributed by atoms with Crippen molar-refractivity contribution in [2.75, 3.05) is 18.3 Å². The standard InChI is InChI=1S/C18H15Cl3N4O2S/c1-26-16-4-10(7-23-25-18-24-17(22)9-28-18)2-3-15(16)27-8-12-13(20)5-11(19)6-14(12)21/h2-7,9H,8,22H2,1H3,(H,24,25). The molecule has 0 aliphatic rings. The highest BCUT2D eigenvalue weighted by Crippen LogP contribution is 2.33. The lowest BCUT2D eigenvalue weighted by atomic mass is 10.2. The fourth-order valence-corrected chi connectivity index (χ4v) is 3.72. The first-order valence-electron chi connectivity index (χ1n) is 7.90. The van der Waals surface area contributed by atoms with E-state index in [1.807, 2.05) is 6.07 Å². The summed E-state index contributed by atoms with van der Waals surface area (Å²) in [5.74, 6) is 1.54. The van der Waals surface area contributed by atoms with E-state index in [1.165, 1.54) is 11.3 Å². The molecule has 3 N–H and O–H groups in total. The van der Waals surface area contributed by atoms with Crippen LogP contribution in [0.3, 0.4) is 0 Å². The Hall–Kier alpha value is -2.19. The van der Waals surface area contributed by atoms with E-state index in [1.54, 1.807) is 43.0 Å². The highest BCUT2D eigenvalue weighted by molar-refractivity contribution is 7.14. The van der Waals surface area contributed by atoms with E-state index in [0.717, 1.165) is 5.56 Å². The van der Waals surface area contributed by atoms with Gasteiger partial charge in [0, 0.05) is 16.0 Å². The summed E-state index contributed by atoms with van der Waals surface area (Å²) in [7, 11) is 1.56. The molecular formula is C18H15Cl3N4O2S. The fourth-order valence-electron chi connectivity index (χ4n) is 2.24. The number of aromatic nitrogens is 1. The molecule has 0 fully saturated rings. The highest BCUT2D eigenvalue weighted by atomic mass is 35.5. The molecule has 1 heterocycles. The van der Waals surface area contributed by atoms with E-state index in [0.29, 0.717) is 43.1 Å². The van der Waals surface area contributed by atoms with Crippen LogP contribution in [0.15, 0.2) is 40.8 Å². The van der Waals surface area contributed by atoms with Crippen LogP contribution in [0.1, 0.15) is 11.1 Å². The number of rotatable bonds is 7. The van der Waals surface area contributed by atoms with Crippen LogP contribution in [0.25, 0.3) is 0 Å². The molecule has 6 nitrogen and oxygen atoms in total. The minimum atomic E-state index is 0.172. The average molecular weight is 458 g/mol. The second-order valence-corrected chi connectivity index (χ2v) is 7.60. The molecule has 0 unspecified atom stereocenters. The van der Waals surface area contributed by atoms with Crippen molar-refractivity contribution in [1.29, 1.82) is 0 Å². The summed E-state index contributed by atoms with van der Waals surface area (Å²) in [6, 6.07) is 8.65. The zero-order chi connectivity index (χ0) is 20.1. The number of nitrogens with two attached hydrogens (primary N) is 1. The number of nitrogens with zero attached hydrogens (tertiary/aromatic N) is 2. The Labute approximate surface area is 180 Å². The molecule has 0 amide bonds. The third-order valence-electron chi connectivity index (χ3n) is 3.56. The number of hydrogen-bond donors (Lipinski definition) is 2. The van der Waals surface area contributed by atoms with Gasteiger partial charge in [0.1, 0.15) is 12.4 Å². The minimum absolute atomic E-state index is 0.172. The maximum atomic E-state index is 6.19. The van der Waals surface area contributed by atoms with Crippen molar-refractivity contribution in [3.63, 3.8) is 0 Å². The van der Waals surface area contributed by atoms with Gasteiger partial charge in [-0.15, -0.1) is 11.3 Å². The maximum Gasteiger partial charge on any atom is 0.205 e. The zero-order valence-corrected chi connectivity index (χ0v) is 17.7. The number of nitrogens with one attached hydrogen (secondary N) is 1. The molecular weight excluding hydrogens is 443 g/mol. The van der Waals surface area contributed by atoms with Gasteiger partial charge in [-0.25, -0.2) is 4.98 Å². The van der Waals surface area contributed by atoms with Gasteiger partial charge in [-0.05, 0) is 35.9 Å². The second-order valence-electron chi connectivity index (χ2n) is 5.49. The molecule has 0 bridgehead atoms. The third-order valence-corrected chi connectivity index (χ3v) is 5.22. The molecule has 1 aromatic heterocycles. The first-order chi connectivity index (χ1) is 13.5. The SMILES string of the molecule is COc1cc(C=NNc2nc(N)cs2)ccc1OCc1c(Cl)cc(Cl)cc1Cl. The lowest BCUT2D eigenvalue weighted by Crippen LogP contribution is -2.00. The van der Waals surface area contributed by atoms with Crippen LogP contribution < -0.4 is 20.6 Å². The number of benzene rings is 2. The Morgan fingerprint density at radius 2 is 1.93 bits per heavy atom. The van der Waals surface area contributed by atoms with Gasteiger partial charge < -0.3 is 15.2 Å². The predicted molar refractivity (Wildman–Crippen MR) is 117 cm³/mol. The molecule has 10 heteroatoms. The molecule has 3 aromatic rings. The number of methoxy groups -OCH3 is 1. The molecule has 3 rings (SSSR count). The van der Waals surface area contributed by atoms with Gasteiger partial charge in [0.2, 0.25) is 5.13 Å². The third kappa shape index (κ3) is 5.20. The number of nitrogen functional groups attached to an aromatic ring is 1. The lowest BCUT2D eigenvalue weighted by molar-refractivity contribution is 0.284. The molecule has 0 aliphatic heterocycles. The summed E-state index contributed by atoms with van der Waals surface area (Å²) < 4.78 is 11.2. The van der Waals surface area contributed by atoms with Crippen LogP contribution >= 0.6 is 46.1 Å². The van der Waals surface area contributed by atoms with Crippen LogP contribution in [-0.2, 0) is 6.61 Å². The Balaban J connectivity index is 1.69. The Morgan fingerprint density at radius 1 is 1.18 bits per heavy atom. The van der Waals surface area contributed by atoms with Crippen LogP contribution in [0.5, 0.6) is 11.5 Å². The summed E-state index contributed by atoms with van der Waals surface area (Å²) >= 11 is 19.7. The summed E-state index contributed by atoms with van der Waals surface area (Å²) in [6.45, 7) is 0.172. The van der Waals surface area contributed by atoms with E-state index in [4.69, 9.17) is 50.0 Å². The van der Waals surface area contributed by atoms with Crippen molar-refractivity contribution in [2.24, 2.45) is 5.10 Å². The number of hydrogen-bond acceptors (Lipinski definition) is 7. The van der Waals surface area contributed by atoms with E-state index in [-0.39, 0.29) is 6.61 Å². The minimum Gasteiger partial charge on any atom is -0.493 e. The average Bonchev–Trinajstić information content (AvgIpc) is 3.06. The predicted octanol–water partition coefficient (Wildman–Crippen LogP) is 5.72. The normalized spacial score (nSPS) is 11.0. The number of anilines is 2. The van der Waals surface area contributed by atoms with Crippen LogP contribution in [0, 0.1) is 0 Å². The molecule has 0 atom stereocenters. The van der Waals surface area contributed by atoms with Crippen LogP contribution in [0.4, 0.5) is 10.9 Å². The van der Waals surface area contributed by atoms with Crippen molar-refractivity contribution in [3.05, 3.63) is 61.9 Å². The summed E-state index contributed by atoms with van der Waals surface area (Å²) in [4.78, 5) is 4.06. The first-order valence-corrected chi connectivity index (χ1v) is 9.92. The van der Waals surface area contributed by atoms with Crippen molar-refractivity contribution >= 4 is 63.3 Å². The van der Waals surface area contributed by atoms with Crippen LogP contribution in [-0.4, -0.2) is 18.3 Å². The highest BCUT2D eigenvalue weighted by Gasteiger charge is 2.11.